The molecule has 0 bridgehead atoms. The molecule has 2 nitrogen and oxygen atoms in total. The second kappa shape index (κ2) is 8.62. The van der Waals surface area contributed by atoms with Gasteiger partial charge in [-0.2, -0.15) is 0 Å². The maximum absolute atomic E-state index is 5.72. The summed E-state index contributed by atoms with van der Waals surface area (Å²) in [4.78, 5) is 1.26. The average molecular weight is 252 g/mol. The zero-order chi connectivity index (χ0) is 12.5. The summed E-state index contributed by atoms with van der Waals surface area (Å²) < 4.78 is 11.4. The molecule has 0 aliphatic carbocycles. The molecule has 0 aliphatic heterocycles. The number of hydrogen-bond acceptors (Lipinski definition) is 3. The first-order chi connectivity index (χ1) is 8.31. The molecule has 1 aromatic rings. The standard InChI is InChI=1S/C13H21BO2S/c1-4-10-15-14(16-11-5-2)12-6-8-13(17-3)9-7-12/h6-9H,4-5,10-11H2,1-3H3. The lowest BCUT2D eigenvalue weighted by atomic mass is 9.79. The van der Waals surface area contributed by atoms with Gasteiger partial charge in [0.05, 0.1) is 0 Å². The molecule has 0 aromatic heterocycles. The van der Waals surface area contributed by atoms with Crippen LogP contribution in [0, 0.1) is 0 Å². The summed E-state index contributed by atoms with van der Waals surface area (Å²) in [6.45, 7) is 5.68. The van der Waals surface area contributed by atoms with E-state index in [0.717, 1.165) is 31.5 Å². The fraction of sp³-hybridized carbons (Fsp3) is 0.538. The van der Waals surface area contributed by atoms with Gasteiger partial charge in [-0.15, -0.1) is 11.8 Å². The maximum atomic E-state index is 5.72. The van der Waals surface area contributed by atoms with Crippen molar-refractivity contribution >= 4 is 24.3 Å². The lowest BCUT2D eigenvalue weighted by Gasteiger charge is -2.14. The Bertz CT molecular complexity index is 295. The van der Waals surface area contributed by atoms with Gasteiger partial charge in [-0.3, -0.25) is 0 Å². The minimum Gasteiger partial charge on any atom is -0.407 e. The van der Waals surface area contributed by atoms with Crippen LogP contribution in [0.2, 0.25) is 0 Å². The Balaban J connectivity index is 2.65. The molecule has 0 unspecified atom stereocenters. The van der Waals surface area contributed by atoms with E-state index in [1.165, 1.54) is 4.90 Å². The molecule has 0 heterocycles. The summed E-state index contributed by atoms with van der Waals surface area (Å²) in [5, 5.41) is 0. The molecule has 1 aromatic carbocycles. The van der Waals surface area contributed by atoms with Gasteiger partial charge >= 0.3 is 7.12 Å². The Kier molecular flexibility index (Phi) is 7.41. The molecule has 0 fully saturated rings. The van der Waals surface area contributed by atoms with Crippen LogP contribution in [0.25, 0.3) is 0 Å². The van der Waals surface area contributed by atoms with Crippen molar-refractivity contribution in [3.63, 3.8) is 0 Å². The van der Waals surface area contributed by atoms with Crippen LogP contribution in [0.15, 0.2) is 29.2 Å². The Hall–Kier alpha value is -0.445. The van der Waals surface area contributed by atoms with E-state index in [9.17, 15) is 0 Å². The maximum Gasteiger partial charge on any atom is 0.493 e. The first-order valence-electron chi connectivity index (χ1n) is 6.19. The molecule has 94 valence electrons. The van der Waals surface area contributed by atoms with Crippen molar-refractivity contribution in [1.82, 2.24) is 0 Å². The van der Waals surface area contributed by atoms with Crippen LogP contribution < -0.4 is 5.46 Å². The van der Waals surface area contributed by atoms with E-state index < -0.39 is 0 Å². The zero-order valence-corrected chi connectivity index (χ0v) is 11.8. The van der Waals surface area contributed by atoms with E-state index >= 15 is 0 Å². The number of hydrogen-bond donors (Lipinski definition) is 0. The average Bonchev–Trinajstić information content (AvgIpc) is 2.39. The number of thioether (sulfide) groups is 1. The highest BCUT2D eigenvalue weighted by atomic mass is 32.2. The van der Waals surface area contributed by atoms with E-state index in [4.69, 9.17) is 9.31 Å². The fourth-order valence-electron chi connectivity index (χ4n) is 1.45. The van der Waals surface area contributed by atoms with Gasteiger partial charge in [-0.25, -0.2) is 0 Å². The molecule has 4 heteroatoms. The monoisotopic (exact) mass is 252 g/mol. The molecule has 0 atom stereocenters. The lowest BCUT2D eigenvalue weighted by molar-refractivity contribution is 0.207. The molecule has 17 heavy (non-hydrogen) atoms. The third-order valence-electron chi connectivity index (χ3n) is 2.33. The summed E-state index contributed by atoms with van der Waals surface area (Å²) >= 11 is 1.74. The van der Waals surface area contributed by atoms with Crippen LogP contribution in [0.3, 0.4) is 0 Å². The van der Waals surface area contributed by atoms with Crippen LogP contribution in [0.1, 0.15) is 26.7 Å². The Morgan fingerprint density at radius 3 is 1.94 bits per heavy atom. The zero-order valence-electron chi connectivity index (χ0n) is 10.9. The second-order valence-electron chi connectivity index (χ2n) is 3.85. The van der Waals surface area contributed by atoms with Crippen molar-refractivity contribution in [2.75, 3.05) is 19.5 Å². The molecule has 1 rings (SSSR count). The van der Waals surface area contributed by atoms with Crippen molar-refractivity contribution in [2.24, 2.45) is 0 Å². The molecule has 0 radical (unpaired) electrons. The van der Waals surface area contributed by atoms with Gasteiger partial charge in [0.2, 0.25) is 0 Å². The molecule has 0 saturated heterocycles. The smallest absolute Gasteiger partial charge is 0.407 e. The van der Waals surface area contributed by atoms with E-state index in [-0.39, 0.29) is 7.12 Å². The fourth-order valence-corrected chi connectivity index (χ4v) is 1.86. The highest BCUT2D eigenvalue weighted by molar-refractivity contribution is 7.98. The molecular weight excluding hydrogens is 231 g/mol. The molecule has 0 saturated carbocycles. The highest BCUT2D eigenvalue weighted by Gasteiger charge is 2.20. The molecule has 0 amide bonds. The third-order valence-corrected chi connectivity index (χ3v) is 3.08. The summed E-state index contributed by atoms with van der Waals surface area (Å²) in [6, 6.07) is 8.39. The second-order valence-corrected chi connectivity index (χ2v) is 4.73. The molecule has 0 aliphatic rings. The van der Waals surface area contributed by atoms with Crippen molar-refractivity contribution in [2.45, 2.75) is 31.6 Å². The van der Waals surface area contributed by atoms with Gasteiger partial charge in [0, 0.05) is 18.1 Å². The summed E-state index contributed by atoms with van der Waals surface area (Å²) in [5.41, 5.74) is 1.10. The number of benzene rings is 1. The van der Waals surface area contributed by atoms with Gasteiger partial charge in [0.1, 0.15) is 0 Å². The van der Waals surface area contributed by atoms with E-state index in [2.05, 4.69) is 44.4 Å². The molecule has 0 N–H and O–H groups in total. The van der Waals surface area contributed by atoms with E-state index in [1.54, 1.807) is 11.8 Å². The third kappa shape index (κ3) is 5.15. The van der Waals surface area contributed by atoms with Gasteiger partial charge in [-0.1, -0.05) is 26.0 Å². The first kappa shape index (κ1) is 14.6. The SMILES string of the molecule is CCCOB(OCCC)c1ccc(SC)cc1. The Labute approximate surface area is 109 Å². The Morgan fingerprint density at radius 2 is 1.53 bits per heavy atom. The van der Waals surface area contributed by atoms with Crippen LogP contribution in [-0.4, -0.2) is 26.6 Å². The summed E-state index contributed by atoms with van der Waals surface area (Å²) in [7, 11) is -0.217. The van der Waals surface area contributed by atoms with Crippen molar-refractivity contribution in [3.05, 3.63) is 24.3 Å². The van der Waals surface area contributed by atoms with Gasteiger partial charge < -0.3 is 9.31 Å². The van der Waals surface area contributed by atoms with Crippen molar-refractivity contribution < 1.29 is 9.31 Å². The Morgan fingerprint density at radius 1 is 1.00 bits per heavy atom. The molecular formula is C13H21BO2S. The van der Waals surface area contributed by atoms with E-state index in [0.29, 0.717) is 0 Å². The van der Waals surface area contributed by atoms with Crippen molar-refractivity contribution in [3.8, 4) is 0 Å². The van der Waals surface area contributed by atoms with Crippen LogP contribution >= 0.6 is 11.8 Å². The minimum absolute atomic E-state index is 0.217. The highest BCUT2D eigenvalue weighted by Crippen LogP contribution is 2.12. The normalized spacial score (nSPS) is 10.5. The predicted molar refractivity (Wildman–Crippen MR) is 76.1 cm³/mol. The summed E-state index contributed by atoms with van der Waals surface area (Å²) in [6.07, 6.45) is 4.09. The van der Waals surface area contributed by atoms with E-state index in [1.807, 2.05) is 0 Å². The quantitative estimate of drug-likeness (QED) is 0.523. The lowest BCUT2D eigenvalue weighted by Crippen LogP contribution is -2.37. The topological polar surface area (TPSA) is 18.5 Å². The predicted octanol–water partition coefficient (Wildman–Crippen LogP) is 2.96. The van der Waals surface area contributed by atoms with Gasteiger partial charge in [0.15, 0.2) is 0 Å². The first-order valence-corrected chi connectivity index (χ1v) is 7.41. The van der Waals surface area contributed by atoms with Crippen LogP contribution in [0.4, 0.5) is 0 Å². The minimum atomic E-state index is -0.217. The van der Waals surface area contributed by atoms with Crippen LogP contribution in [0.5, 0.6) is 0 Å². The number of rotatable bonds is 8. The molecule has 0 spiro atoms. The van der Waals surface area contributed by atoms with Gasteiger partial charge in [-0.05, 0) is 36.7 Å². The van der Waals surface area contributed by atoms with Crippen LogP contribution in [-0.2, 0) is 9.31 Å². The van der Waals surface area contributed by atoms with Gasteiger partial charge in [0.25, 0.3) is 0 Å². The summed E-state index contributed by atoms with van der Waals surface area (Å²) in [5.74, 6) is 0. The largest absolute Gasteiger partial charge is 0.493 e. The van der Waals surface area contributed by atoms with Crippen molar-refractivity contribution in [1.29, 1.82) is 0 Å².